The van der Waals surface area contributed by atoms with Crippen molar-refractivity contribution >= 4 is 5.91 Å². The predicted octanol–water partition coefficient (Wildman–Crippen LogP) is 1.72. The summed E-state index contributed by atoms with van der Waals surface area (Å²) in [5.41, 5.74) is 3.90. The van der Waals surface area contributed by atoms with Gasteiger partial charge in [0.05, 0.1) is 6.61 Å². The Morgan fingerprint density at radius 2 is 1.83 bits per heavy atom. The van der Waals surface area contributed by atoms with Crippen molar-refractivity contribution in [1.82, 2.24) is 10.3 Å². The summed E-state index contributed by atoms with van der Waals surface area (Å²) in [6, 6.07) is 9.35. The molecule has 1 aliphatic rings. The normalized spacial score (nSPS) is 13.4. The van der Waals surface area contributed by atoms with Gasteiger partial charge in [-0.15, -0.1) is 0 Å². The van der Waals surface area contributed by atoms with Crippen molar-refractivity contribution in [3.05, 3.63) is 68.6 Å². The van der Waals surface area contributed by atoms with Gasteiger partial charge in [0, 0.05) is 12.2 Å². The SMILES string of the molecule is O=C(NCCc1ccc(CO)cc1)c1cc2c([nH]c1=O)CCCC2. The molecule has 5 heteroatoms. The van der Waals surface area contributed by atoms with Crippen LogP contribution in [0.4, 0.5) is 0 Å². The maximum Gasteiger partial charge on any atom is 0.261 e. The van der Waals surface area contributed by atoms with Crippen molar-refractivity contribution in [2.75, 3.05) is 6.54 Å². The van der Waals surface area contributed by atoms with Crippen LogP contribution in [-0.2, 0) is 25.9 Å². The van der Waals surface area contributed by atoms with Crippen molar-refractivity contribution in [3.8, 4) is 0 Å². The van der Waals surface area contributed by atoms with Gasteiger partial charge in [0.1, 0.15) is 5.56 Å². The van der Waals surface area contributed by atoms with Gasteiger partial charge in [-0.05, 0) is 54.9 Å². The van der Waals surface area contributed by atoms with E-state index in [0.717, 1.165) is 48.1 Å². The third-order valence-corrected chi connectivity index (χ3v) is 4.49. The average Bonchev–Trinajstić information content (AvgIpc) is 2.61. The number of hydrogen-bond acceptors (Lipinski definition) is 3. The molecule has 0 spiro atoms. The number of hydrogen-bond donors (Lipinski definition) is 3. The summed E-state index contributed by atoms with van der Waals surface area (Å²) < 4.78 is 0. The van der Waals surface area contributed by atoms with Gasteiger partial charge in [-0.1, -0.05) is 24.3 Å². The maximum atomic E-state index is 12.3. The molecular formula is C19H22N2O3. The van der Waals surface area contributed by atoms with E-state index in [2.05, 4.69) is 10.3 Å². The first-order valence-corrected chi connectivity index (χ1v) is 8.39. The monoisotopic (exact) mass is 326 g/mol. The van der Waals surface area contributed by atoms with Crippen molar-refractivity contribution < 1.29 is 9.90 Å². The second kappa shape index (κ2) is 7.45. The van der Waals surface area contributed by atoms with Gasteiger partial charge in [-0.2, -0.15) is 0 Å². The number of benzene rings is 1. The summed E-state index contributed by atoms with van der Waals surface area (Å²) in [4.78, 5) is 27.2. The first-order valence-electron chi connectivity index (χ1n) is 8.39. The molecule has 1 amide bonds. The number of aromatic amines is 1. The van der Waals surface area contributed by atoms with Gasteiger partial charge in [-0.25, -0.2) is 0 Å². The summed E-state index contributed by atoms with van der Waals surface area (Å²) in [5.74, 6) is -0.323. The number of nitrogens with one attached hydrogen (secondary N) is 2. The predicted molar refractivity (Wildman–Crippen MR) is 92.1 cm³/mol. The highest BCUT2D eigenvalue weighted by Gasteiger charge is 2.16. The van der Waals surface area contributed by atoms with Crippen molar-refractivity contribution in [2.45, 2.75) is 38.7 Å². The number of aliphatic hydroxyl groups excluding tert-OH is 1. The van der Waals surface area contributed by atoms with Crippen LogP contribution >= 0.6 is 0 Å². The minimum Gasteiger partial charge on any atom is -0.392 e. The third-order valence-electron chi connectivity index (χ3n) is 4.49. The molecule has 3 N–H and O–H groups in total. The van der Waals surface area contributed by atoms with Gasteiger partial charge < -0.3 is 15.4 Å². The number of fused-ring (bicyclic) bond motifs is 1. The highest BCUT2D eigenvalue weighted by atomic mass is 16.3. The maximum absolute atomic E-state index is 12.3. The van der Waals surface area contributed by atoms with Crippen molar-refractivity contribution in [3.63, 3.8) is 0 Å². The number of pyridine rings is 1. The molecule has 0 radical (unpaired) electrons. The van der Waals surface area contributed by atoms with Crippen LogP contribution in [-0.4, -0.2) is 22.5 Å². The summed E-state index contributed by atoms with van der Waals surface area (Å²) in [6.07, 6.45) is 4.67. The minimum atomic E-state index is -0.323. The van der Waals surface area contributed by atoms with Crippen LogP contribution in [0.2, 0.25) is 0 Å². The zero-order valence-corrected chi connectivity index (χ0v) is 13.6. The fourth-order valence-electron chi connectivity index (χ4n) is 3.07. The largest absolute Gasteiger partial charge is 0.392 e. The zero-order valence-electron chi connectivity index (χ0n) is 13.6. The zero-order chi connectivity index (χ0) is 16.9. The van der Waals surface area contributed by atoms with Crippen LogP contribution in [0.1, 0.15) is 45.6 Å². The standard InChI is InChI=1S/C19H22N2O3/c22-12-14-7-5-13(6-8-14)9-10-20-18(23)16-11-15-3-1-2-4-17(15)21-19(16)24/h5-8,11,22H,1-4,9-10,12H2,(H,20,23)(H,21,24). The molecule has 0 unspecified atom stereocenters. The number of aromatic nitrogens is 1. The van der Waals surface area contributed by atoms with Gasteiger partial charge in [0.2, 0.25) is 0 Å². The highest BCUT2D eigenvalue weighted by Crippen LogP contribution is 2.18. The van der Waals surface area contributed by atoms with Gasteiger partial charge in [-0.3, -0.25) is 9.59 Å². The molecule has 1 aliphatic carbocycles. The first-order chi connectivity index (χ1) is 11.7. The Balaban J connectivity index is 1.61. The van der Waals surface area contributed by atoms with E-state index in [1.54, 1.807) is 6.07 Å². The summed E-state index contributed by atoms with van der Waals surface area (Å²) in [7, 11) is 0. The Morgan fingerprint density at radius 3 is 2.58 bits per heavy atom. The number of carbonyl (C=O) groups is 1. The summed E-state index contributed by atoms with van der Waals surface area (Å²) in [6.45, 7) is 0.492. The van der Waals surface area contributed by atoms with Crippen LogP contribution in [0.25, 0.3) is 0 Å². The summed E-state index contributed by atoms with van der Waals surface area (Å²) >= 11 is 0. The molecule has 1 aromatic carbocycles. The van der Waals surface area contributed by atoms with E-state index in [-0.39, 0.29) is 23.6 Å². The number of rotatable bonds is 5. The lowest BCUT2D eigenvalue weighted by atomic mass is 9.95. The molecule has 0 saturated heterocycles. The molecule has 0 aliphatic heterocycles. The second-order valence-electron chi connectivity index (χ2n) is 6.20. The van der Waals surface area contributed by atoms with Gasteiger partial charge >= 0.3 is 0 Å². The molecule has 0 atom stereocenters. The number of amides is 1. The fraction of sp³-hybridized carbons (Fsp3) is 0.368. The molecule has 2 aromatic rings. The number of aryl methyl sites for hydroxylation is 2. The Morgan fingerprint density at radius 1 is 1.12 bits per heavy atom. The van der Waals surface area contributed by atoms with Crippen molar-refractivity contribution in [2.24, 2.45) is 0 Å². The molecule has 1 heterocycles. The Bertz CT molecular complexity index is 778. The summed E-state index contributed by atoms with van der Waals surface area (Å²) in [5, 5.41) is 11.8. The molecule has 0 fully saturated rings. The van der Waals surface area contributed by atoms with E-state index in [4.69, 9.17) is 5.11 Å². The van der Waals surface area contributed by atoms with E-state index in [0.29, 0.717) is 13.0 Å². The Hall–Kier alpha value is -2.40. The van der Waals surface area contributed by atoms with E-state index in [1.807, 2.05) is 24.3 Å². The lowest BCUT2D eigenvalue weighted by molar-refractivity contribution is 0.0952. The average molecular weight is 326 g/mol. The van der Waals surface area contributed by atoms with E-state index in [9.17, 15) is 9.59 Å². The smallest absolute Gasteiger partial charge is 0.261 e. The lowest BCUT2D eigenvalue weighted by Gasteiger charge is -2.15. The number of aliphatic hydroxyl groups is 1. The minimum absolute atomic E-state index is 0.0259. The first kappa shape index (κ1) is 16.5. The van der Waals surface area contributed by atoms with Crippen LogP contribution in [0.5, 0.6) is 0 Å². The van der Waals surface area contributed by atoms with Crippen molar-refractivity contribution in [1.29, 1.82) is 0 Å². The lowest BCUT2D eigenvalue weighted by Crippen LogP contribution is -2.32. The molecule has 0 saturated carbocycles. The molecule has 3 rings (SSSR count). The Labute approximate surface area is 140 Å². The number of H-pyrrole nitrogens is 1. The van der Waals surface area contributed by atoms with Crippen LogP contribution in [0.15, 0.2) is 35.1 Å². The van der Waals surface area contributed by atoms with Gasteiger partial charge in [0.15, 0.2) is 0 Å². The molecule has 0 bridgehead atoms. The Kier molecular flexibility index (Phi) is 5.11. The van der Waals surface area contributed by atoms with E-state index < -0.39 is 0 Å². The molecule has 5 nitrogen and oxygen atoms in total. The third kappa shape index (κ3) is 3.74. The van der Waals surface area contributed by atoms with E-state index in [1.165, 1.54) is 0 Å². The van der Waals surface area contributed by atoms with Gasteiger partial charge in [0.25, 0.3) is 11.5 Å². The molecular weight excluding hydrogens is 304 g/mol. The van der Waals surface area contributed by atoms with Crippen LogP contribution in [0.3, 0.4) is 0 Å². The molecule has 24 heavy (non-hydrogen) atoms. The van der Waals surface area contributed by atoms with Crippen LogP contribution in [0, 0.1) is 0 Å². The second-order valence-corrected chi connectivity index (χ2v) is 6.20. The fourth-order valence-corrected chi connectivity index (χ4v) is 3.07. The number of carbonyl (C=O) groups excluding carboxylic acids is 1. The molecule has 126 valence electrons. The molecule has 1 aromatic heterocycles. The quantitative estimate of drug-likeness (QED) is 0.782. The topological polar surface area (TPSA) is 82.2 Å². The van der Waals surface area contributed by atoms with E-state index >= 15 is 0 Å². The highest BCUT2D eigenvalue weighted by molar-refractivity contribution is 5.94. The van der Waals surface area contributed by atoms with Crippen LogP contribution < -0.4 is 10.9 Å².